The van der Waals surface area contributed by atoms with Crippen LogP contribution < -0.4 is 10.1 Å². The molecule has 0 unspecified atom stereocenters. The summed E-state index contributed by atoms with van der Waals surface area (Å²) >= 11 is 0. The fourth-order valence-electron chi connectivity index (χ4n) is 1.03. The average Bonchev–Trinajstić information content (AvgIpc) is 2.62. The summed E-state index contributed by atoms with van der Waals surface area (Å²) in [4.78, 5) is 4.26. The van der Waals surface area contributed by atoms with Crippen molar-refractivity contribution in [3.8, 4) is 6.08 Å². The summed E-state index contributed by atoms with van der Waals surface area (Å²) in [6.45, 7) is 11.0. The minimum atomic E-state index is -0.229. The summed E-state index contributed by atoms with van der Waals surface area (Å²) in [6, 6.07) is 0.438. The summed E-state index contributed by atoms with van der Waals surface area (Å²) in [6.07, 6.45) is 2.90. The number of hydrogen-bond acceptors (Lipinski definition) is 4. The monoisotopic (exact) mass is 226 g/mol. The van der Waals surface area contributed by atoms with Gasteiger partial charge in [0, 0.05) is 12.6 Å². The second-order valence-corrected chi connectivity index (χ2v) is 4.86. The fraction of sp³-hybridized carbons (Fsp3) is 0.750. The highest BCUT2D eigenvalue weighted by molar-refractivity contribution is 5.00. The van der Waals surface area contributed by atoms with E-state index in [1.807, 2.05) is 13.8 Å². The molecule has 4 nitrogen and oxygen atoms in total. The van der Waals surface area contributed by atoms with Crippen LogP contribution in [0, 0.1) is 0 Å². The van der Waals surface area contributed by atoms with E-state index in [-0.39, 0.29) is 5.60 Å². The molecule has 0 radical (unpaired) electrons. The summed E-state index contributed by atoms with van der Waals surface area (Å²) < 4.78 is 10.9. The molecule has 0 saturated heterocycles. The molecule has 1 heterocycles. The Morgan fingerprint density at radius 1 is 1.50 bits per heavy atom. The molecular formula is C12H22N2O2. The van der Waals surface area contributed by atoms with Gasteiger partial charge in [-0.1, -0.05) is 20.8 Å². The molecule has 1 aromatic rings. The number of hydrogen-bond donors (Lipinski definition) is 1. The molecule has 92 valence electrons. The molecule has 1 N–H and O–H groups in total. The lowest BCUT2D eigenvalue weighted by atomic mass is 10.1. The van der Waals surface area contributed by atoms with Gasteiger partial charge in [0.25, 0.3) is 0 Å². The van der Waals surface area contributed by atoms with E-state index >= 15 is 0 Å². The third-order valence-corrected chi connectivity index (χ3v) is 2.44. The molecule has 4 heteroatoms. The summed E-state index contributed by atoms with van der Waals surface area (Å²) in [5.74, 6) is 0. The van der Waals surface area contributed by atoms with Crippen molar-refractivity contribution in [2.75, 3.05) is 0 Å². The zero-order valence-electron chi connectivity index (χ0n) is 10.8. The lowest BCUT2D eigenvalue weighted by Crippen LogP contribution is -2.27. The van der Waals surface area contributed by atoms with Gasteiger partial charge >= 0.3 is 6.08 Å². The van der Waals surface area contributed by atoms with E-state index in [4.69, 9.17) is 9.15 Å². The first kappa shape index (κ1) is 13.0. The van der Waals surface area contributed by atoms with E-state index in [1.54, 1.807) is 6.26 Å². The van der Waals surface area contributed by atoms with Crippen LogP contribution in [0.2, 0.25) is 0 Å². The second-order valence-electron chi connectivity index (χ2n) is 4.86. The van der Waals surface area contributed by atoms with Crippen molar-refractivity contribution in [2.24, 2.45) is 0 Å². The Morgan fingerprint density at radius 2 is 2.19 bits per heavy atom. The smallest absolute Gasteiger partial charge is 0.394 e. The zero-order chi connectivity index (χ0) is 12.2. The molecule has 0 amide bonds. The number of aromatic nitrogens is 1. The van der Waals surface area contributed by atoms with Crippen molar-refractivity contribution in [3.05, 3.63) is 12.0 Å². The Balaban J connectivity index is 2.51. The number of nitrogens with one attached hydrogen (secondary N) is 1. The normalized spacial score (nSPS) is 12.1. The van der Waals surface area contributed by atoms with Crippen molar-refractivity contribution in [1.82, 2.24) is 10.3 Å². The van der Waals surface area contributed by atoms with Crippen molar-refractivity contribution in [2.45, 2.75) is 59.2 Å². The van der Waals surface area contributed by atoms with Crippen LogP contribution in [-0.4, -0.2) is 16.6 Å². The molecule has 0 aliphatic rings. The predicted octanol–water partition coefficient (Wildman–Crippen LogP) is 2.74. The third-order valence-electron chi connectivity index (χ3n) is 2.44. The van der Waals surface area contributed by atoms with E-state index in [0.29, 0.717) is 18.7 Å². The van der Waals surface area contributed by atoms with Gasteiger partial charge in [-0.3, -0.25) is 0 Å². The predicted molar refractivity (Wildman–Crippen MR) is 63.5 cm³/mol. The molecule has 0 aromatic carbocycles. The van der Waals surface area contributed by atoms with Crippen LogP contribution in [0.15, 0.2) is 10.7 Å². The first-order valence-electron chi connectivity index (χ1n) is 5.80. The maximum Gasteiger partial charge on any atom is 0.394 e. The Kier molecular flexibility index (Phi) is 4.35. The number of oxazole rings is 1. The van der Waals surface area contributed by atoms with Crippen LogP contribution in [-0.2, 0) is 6.54 Å². The van der Waals surface area contributed by atoms with E-state index in [9.17, 15) is 0 Å². The minimum absolute atomic E-state index is 0.229. The zero-order valence-corrected chi connectivity index (χ0v) is 10.8. The highest BCUT2D eigenvalue weighted by Gasteiger charge is 2.19. The lowest BCUT2D eigenvalue weighted by Gasteiger charge is -2.21. The molecule has 1 aromatic heterocycles. The molecule has 0 bridgehead atoms. The number of rotatable bonds is 6. The first-order chi connectivity index (χ1) is 7.43. The highest BCUT2D eigenvalue weighted by Crippen LogP contribution is 2.19. The molecule has 0 aliphatic carbocycles. The van der Waals surface area contributed by atoms with Gasteiger partial charge in [-0.05, 0) is 20.3 Å². The van der Waals surface area contributed by atoms with E-state index in [1.165, 1.54) is 0 Å². The van der Waals surface area contributed by atoms with Gasteiger partial charge < -0.3 is 14.5 Å². The fourth-order valence-corrected chi connectivity index (χ4v) is 1.03. The van der Waals surface area contributed by atoms with E-state index in [0.717, 1.165) is 12.1 Å². The van der Waals surface area contributed by atoms with Crippen LogP contribution in [0.4, 0.5) is 0 Å². The first-order valence-corrected chi connectivity index (χ1v) is 5.80. The van der Waals surface area contributed by atoms with Crippen molar-refractivity contribution >= 4 is 0 Å². The highest BCUT2D eigenvalue weighted by atomic mass is 16.6. The lowest BCUT2D eigenvalue weighted by molar-refractivity contribution is 0.0666. The summed E-state index contributed by atoms with van der Waals surface area (Å²) in [5.41, 5.74) is 0.642. The van der Waals surface area contributed by atoms with Crippen molar-refractivity contribution in [3.63, 3.8) is 0 Å². The maximum absolute atomic E-state index is 5.63. The molecular weight excluding hydrogens is 204 g/mol. The molecule has 0 spiro atoms. The quantitative estimate of drug-likeness (QED) is 0.810. The van der Waals surface area contributed by atoms with Crippen LogP contribution in [0.1, 0.15) is 46.7 Å². The second kappa shape index (κ2) is 5.34. The van der Waals surface area contributed by atoms with Gasteiger partial charge in [0.1, 0.15) is 11.9 Å². The average molecular weight is 226 g/mol. The summed E-state index contributed by atoms with van der Waals surface area (Å²) in [7, 11) is 0. The SMILES string of the molecule is CCC(C)(C)Oc1nc(CNC(C)C)co1. The Labute approximate surface area is 97.4 Å². The van der Waals surface area contributed by atoms with E-state index < -0.39 is 0 Å². The van der Waals surface area contributed by atoms with Crippen LogP contribution in [0.3, 0.4) is 0 Å². The largest absolute Gasteiger partial charge is 0.444 e. The molecule has 0 aliphatic heterocycles. The van der Waals surface area contributed by atoms with Crippen LogP contribution in [0.5, 0.6) is 6.08 Å². The van der Waals surface area contributed by atoms with Crippen molar-refractivity contribution < 1.29 is 9.15 Å². The molecule has 0 saturated carbocycles. The molecule has 16 heavy (non-hydrogen) atoms. The van der Waals surface area contributed by atoms with Crippen LogP contribution in [0.25, 0.3) is 0 Å². The van der Waals surface area contributed by atoms with Gasteiger partial charge in [-0.25, -0.2) is 0 Å². The van der Waals surface area contributed by atoms with Crippen LogP contribution >= 0.6 is 0 Å². The van der Waals surface area contributed by atoms with Gasteiger partial charge in [-0.2, -0.15) is 4.98 Å². The molecule has 0 fully saturated rings. The topological polar surface area (TPSA) is 47.3 Å². The van der Waals surface area contributed by atoms with Gasteiger partial charge in [-0.15, -0.1) is 0 Å². The van der Waals surface area contributed by atoms with Gasteiger partial charge in [0.15, 0.2) is 0 Å². The standard InChI is InChI=1S/C12H22N2O2/c1-6-12(4,5)16-11-14-10(8-15-11)7-13-9(2)3/h8-9,13H,6-7H2,1-5H3. The Bertz CT molecular complexity index is 319. The maximum atomic E-state index is 5.63. The minimum Gasteiger partial charge on any atom is -0.444 e. The molecule has 1 rings (SSSR count). The third kappa shape index (κ3) is 4.23. The summed E-state index contributed by atoms with van der Waals surface area (Å²) in [5, 5.41) is 3.27. The van der Waals surface area contributed by atoms with Gasteiger partial charge in [0.2, 0.25) is 0 Å². The Morgan fingerprint density at radius 3 is 2.75 bits per heavy atom. The van der Waals surface area contributed by atoms with E-state index in [2.05, 4.69) is 31.1 Å². The molecule has 0 atom stereocenters. The Hall–Kier alpha value is -1.03. The number of ether oxygens (including phenoxy) is 1. The van der Waals surface area contributed by atoms with Crippen molar-refractivity contribution in [1.29, 1.82) is 0 Å². The number of nitrogens with zero attached hydrogens (tertiary/aromatic N) is 1. The van der Waals surface area contributed by atoms with Gasteiger partial charge in [0.05, 0.1) is 5.69 Å².